The third-order valence-corrected chi connectivity index (χ3v) is 3.02. The largest absolute Gasteiger partial charge is 0.508 e. The monoisotopic (exact) mass is 234 g/mol. The smallest absolute Gasteiger partial charge is 0.237 e. The van der Waals surface area contributed by atoms with Gasteiger partial charge in [-0.15, -0.1) is 0 Å². The van der Waals surface area contributed by atoms with Gasteiger partial charge in [0.15, 0.2) is 0 Å². The van der Waals surface area contributed by atoms with Crippen molar-refractivity contribution in [1.29, 1.82) is 0 Å². The van der Waals surface area contributed by atoms with Crippen LogP contribution in [0, 0.1) is 0 Å². The van der Waals surface area contributed by atoms with Gasteiger partial charge in [0.25, 0.3) is 0 Å². The van der Waals surface area contributed by atoms with Gasteiger partial charge < -0.3 is 15.7 Å². The van der Waals surface area contributed by atoms with Crippen LogP contribution in [0.5, 0.6) is 5.75 Å². The molecule has 17 heavy (non-hydrogen) atoms. The highest BCUT2D eigenvalue weighted by atomic mass is 16.3. The first kappa shape index (κ1) is 11.9. The van der Waals surface area contributed by atoms with Crippen molar-refractivity contribution in [2.45, 2.75) is 31.8 Å². The summed E-state index contributed by atoms with van der Waals surface area (Å²) in [6.07, 6.45) is 3.03. The van der Waals surface area contributed by atoms with Gasteiger partial charge in [0, 0.05) is 13.1 Å². The lowest BCUT2D eigenvalue weighted by molar-refractivity contribution is -0.122. The van der Waals surface area contributed by atoms with Gasteiger partial charge in [-0.3, -0.25) is 4.79 Å². The van der Waals surface area contributed by atoms with E-state index in [0.29, 0.717) is 6.54 Å². The van der Waals surface area contributed by atoms with Gasteiger partial charge in [0.2, 0.25) is 5.91 Å². The molecule has 4 heteroatoms. The van der Waals surface area contributed by atoms with Crippen LogP contribution in [-0.2, 0) is 11.3 Å². The Balaban J connectivity index is 1.88. The minimum atomic E-state index is -0.0914. The number of rotatable bonds is 3. The molecule has 1 aromatic carbocycles. The third-order valence-electron chi connectivity index (χ3n) is 3.02. The Kier molecular flexibility index (Phi) is 3.98. The molecule has 1 saturated heterocycles. The van der Waals surface area contributed by atoms with E-state index in [1.165, 1.54) is 0 Å². The van der Waals surface area contributed by atoms with Crippen LogP contribution in [0.2, 0.25) is 0 Å². The van der Waals surface area contributed by atoms with Crippen LogP contribution in [0.15, 0.2) is 24.3 Å². The molecule has 0 aliphatic carbocycles. The molecule has 0 radical (unpaired) electrons. The van der Waals surface area contributed by atoms with Crippen LogP contribution < -0.4 is 10.6 Å². The summed E-state index contributed by atoms with van der Waals surface area (Å²) in [7, 11) is 0. The fourth-order valence-electron chi connectivity index (χ4n) is 1.99. The molecule has 4 nitrogen and oxygen atoms in total. The zero-order valence-electron chi connectivity index (χ0n) is 9.78. The van der Waals surface area contributed by atoms with Gasteiger partial charge in [-0.1, -0.05) is 12.1 Å². The lowest BCUT2D eigenvalue weighted by atomic mass is 10.1. The number of hydrogen-bond donors (Lipinski definition) is 3. The highest BCUT2D eigenvalue weighted by Crippen LogP contribution is 2.11. The van der Waals surface area contributed by atoms with Crippen molar-refractivity contribution < 1.29 is 9.90 Å². The van der Waals surface area contributed by atoms with E-state index >= 15 is 0 Å². The van der Waals surface area contributed by atoms with E-state index in [4.69, 9.17) is 5.11 Å². The quantitative estimate of drug-likeness (QED) is 0.735. The molecule has 0 bridgehead atoms. The zero-order chi connectivity index (χ0) is 12.1. The van der Waals surface area contributed by atoms with Gasteiger partial charge in [-0.05, 0) is 37.0 Å². The van der Waals surface area contributed by atoms with E-state index in [1.54, 1.807) is 12.1 Å². The van der Waals surface area contributed by atoms with Crippen molar-refractivity contribution >= 4 is 5.91 Å². The molecule has 1 amide bonds. The number of amides is 1. The molecule has 1 fully saturated rings. The Morgan fingerprint density at radius 3 is 2.82 bits per heavy atom. The minimum Gasteiger partial charge on any atom is -0.508 e. The number of phenols is 1. The van der Waals surface area contributed by atoms with Crippen molar-refractivity contribution in [2.24, 2.45) is 0 Å². The fraction of sp³-hybridized carbons (Fsp3) is 0.462. The molecule has 2 rings (SSSR count). The average molecular weight is 234 g/mol. The second-order valence-electron chi connectivity index (χ2n) is 4.39. The molecule has 0 saturated carbocycles. The number of hydrogen-bond acceptors (Lipinski definition) is 3. The Labute approximate surface area is 101 Å². The summed E-state index contributed by atoms with van der Waals surface area (Å²) in [5, 5.41) is 15.3. The second-order valence-corrected chi connectivity index (χ2v) is 4.39. The van der Waals surface area contributed by atoms with E-state index in [1.807, 2.05) is 12.1 Å². The first-order valence-electron chi connectivity index (χ1n) is 6.05. The Hall–Kier alpha value is -1.55. The second kappa shape index (κ2) is 5.68. The van der Waals surface area contributed by atoms with Crippen LogP contribution in [-0.4, -0.2) is 23.6 Å². The van der Waals surface area contributed by atoms with E-state index < -0.39 is 0 Å². The van der Waals surface area contributed by atoms with Crippen LogP contribution >= 0.6 is 0 Å². The highest BCUT2D eigenvalue weighted by molar-refractivity contribution is 5.81. The molecule has 0 aromatic heterocycles. The van der Waals surface area contributed by atoms with Gasteiger partial charge in [0.1, 0.15) is 5.75 Å². The topological polar surface area (TPSA) is 61.4 Å². The number of carbonyl (C=O) groups is 1. The van der Waals surface area contributed by atoms with Gasteiger partial charge in [-0.25, -0.2) is 0 Å². The van der Waals surface area contributed by atoms with Crippen molar-refractivity contribution in [1.82, 2.24) is 10.6 Å². The predicted octanol–water partition coefficient (Wildman–Crippen LogP) is 1.15. The molecule has 1 aliphatic rings. The van der Waals surface area contributed by atoms with Crippen LogP contribution in [0.1, 0.15) is 24.8 Å². The van der Waals surface area contributed by atoms with Crippen LogP contribution in [0.3, 0.4) is 0 Å². The van der Waals surface area contributed by atoms with E-state index in [0.717, 1.165) is 31.4 Å². The maximum Gasteiger partial charge on any atom is 0.237 e. The summed E-state index contributed by atoms with van der Waals surface area (Å²) >= 11 is 0. The van der Waals surface area contributed by atoms with Gasteiger partial charge in [-0.2, -0.15) is 0 Å². The molecule has 1 aromatic rings. The first-order valence-corrected chi connectivity index (χ1v) is 6.05. The maximum absolute atomic E-state index is 11.7. The summed E-state index contributed by atoms with van der Waals surface area (Å²) in [6.45, 7) is 1.44. The van der Waals surface area contributed by atoms with Crippen LogP contribution in [0.4, 0.5) is 0 Å². The van der Waals surface area contributed by atoms with Gasteiger partial charge >= 0.3 is 0 Å². The van der Waals surface area contributed by atoms with Gasteiger partial charge in [0.05, 0.1) is 6.04 Å². The summed E-state index contributed by atoms with van der Waals surface area (Å²) in [5.74, 6) is 0.363. The Bertz CT molecular complexity index is 376. The number of carbonyl (C=O) groups excluding carboxylic acids is 1. The first-order chi connectivity index (χ1) is 8.25. The lowest BCUT2D eigenvalue weighted by Gasteiger charge is -2.15. The summed E-state index contributed by atoms with van der Waals surface area (Å²) in [4.78, 5) is 11.7. The third kappa shape index (κ3) is 3.46. The molecule has 1 aliphatic heterocycles. The Morgan fingerprint density at radius 2 is 2.06 bits per heavy atom. The number of nitrogens with one attached hydrogen (secondary N) is 2. The normalized spacial score (nSPS) is 20.7. The average Bonchev–Trinajstić information content (AvgIpc) is 2.54. The maximum atomic E-state index is 11.7. The molecular weight excluding hydrogens is 216 g/mol. The molecule has 3 N–H and O–H groups in total. The van der Waals surface area contributed by atoms with Crippen molar-refractivity contribution in [3.8, 4) is 5.75 Å². The Morgan fingerprint density at radius 1 is 1.29 bits per heavy atom. The van der Waals surface area contributed by atoms with Crippen molar-refractivity contribution in [3.05, 3.63) is 29.8 Å². The molecular formula is C13H18N2O2. The van der Waals surface area contributed by atoms with Crippen LogP contribution in [0.25, 0.3) is 0 Å². The summed E-state index contributed by atoms with van der Waals surface area (Å²) in [6, 6.07) is 6.94. The molecule has 92 valence electrons. The SMILES string of the molecule is O=C1NCCCCC1NCc1ccc(O)cc1. The highest BCUT2D eigenvalue weighted by Gasteiger charge is 2.19. The molecule has 1 atom stereocenters. The lowest BCUT2D eigenvalue weighted by Crippen LogP contribution is -2.42. The number of benzene rings is 1. The summed E-state index contributed by atoms with van der Waals surface area (Å²) in [5.41, 5.74) is 1.07. The minimum absolute atomic E-state index is 0.0914. The van der Waals surface area contributed by atoms with E-state index in [9.17, 15) is 4.79 Å². The summed E-state index contributed by atoms with van der Waals surface area (Å²) < 4.78 is 0. The van der Waals surface area contributed by atoms with Crippen molar-refractivity contribution in [3.63, 3.8) is 0 Å². The number of phenolic OH excluding ortho intramolecular Hbond substituents is 1. The standard InChI is InChI=1S/C13H18N2O2/c16-11-6-4-10(5-7-11)9-15-12-3-1-2-8-14-13(12)17/h4-7,12,15-16H,1-3,8-9H2,(H,14,17). The van der Waals surface area contributed by atoms with Crippen molar-refractivity contribution in [2.75, 3.05) is 6.54 Å². The predicted molar refractivity (Wildman–Crippen MR) is 65.6 cm³/mol. The fourth-order valence-corrected chi connectivity index (χ4v) is 1.99. The molecule has 0 spiro atoms. The molecule has 1 heterocycles. The van der Waals surface area contributed by atoms with E-state index in [2.05, 4.69) is 10.6 Å². The zero-order valence-corrected chi connectivity index (χ0v) is 9.78. The number of aromatic hydroxyl groups is 1. The molecule has 1 unspecified atom stereocenters. The van der Waals surface area contributed by atoms with E-state index in [-0.39, 0.29) is 17.7 Å².